The summed E-state index contributed by atoms with van der Waals surface area (Å²) < 4.78 is 5.62. The Labute approximate surface area is 106 Å². The second kappa shape index (κ2) is 6.17. The molecule has 3 nitrogen and oxygen atoms in total. The second-order valence-corrected chi connectivity index (χ2v) is 5.86. The molecule has 0 aromatic carbocycles. The van der Waals surface area contributed by atoms with E-state index in [-0.39, 0.29) is 0 Å². The van der Waals surface area contributed by atoms with Gasteiger partial charge in [0.25, 0.3) is 0 Å². The first-order valence-electron chi connectivity index (χ1n) is 7.29. The molecule has 0 radical (unpaired) electrons. The van der Waals surface area contributed by atoms with Crippen LogP contribution in [0.15, 0.2) is 0 Å². The van der Waals surface area contributed by atoms with E-state index >= 15 is 0 Å². The van der Waals surface area contributed by atoms with Gasteiger partial charge in [0.1, 0.15) is 0 Å². The number of morpholine rings is 1. The molecular weight excluding hydrogens is 212 g/mol. The molecule has 3 heteroatoms. The van der Waals surface area contributed by atoms with E-state index in [2.05, 4.69) is 18.7 Å². The number of nitrogens with zero attached hydrogens (tertiary/aromatic N) is 1. The number of nitrogens with two attached hydrogens (primary N) is 1. The van der Waals surface area contributed by atoms with E-state index in [0.29, 0.717) is 18.0 Å². The van der Waals surface area contributed by atoms with Crippen molar-refractivity contribution in [3.63, 3.8) is 0 Å². The standard InChI is InChI=1S/C14H28N2O/c1-3-13-10-17-7-6-16(13)14-8-11(2)4-5-12(14)9-15/h11-14H,3-10,15H2,1-2H3. The summed E-state index contributed by atoms with van der Waals surface area (Å²) in [5, 5.41) is 0. The van der Waals surface area contributed by atoms with E-state index in [1.165, 1.54) is 25.7 Å². The first-order chi connectivity index (χ1) is 8.26. The van der Waals surface area contributed by atoms with Gasteiger partial charge in [0, 0.05) is 18.6 Å². The molecule has 1 aliphatic heterocycles. The lowest BCUT2D eigenvalue weighted by Crippen LogP contribution is -2.55. The Morgan fingerprint density at radius 3 is 2.88 bits per heavy atom. The van der Waals surface area contributed by atoms with E-state index in [1.54, 1.807) is 0 Å². The van der Waals surface area contributed by atoms with Crippen molar-refractivity contribution >= 4 is 0 Å². The maximum Gasteiger partial charge on any atom is 0.0622 e. The third kappa shape index (κ3) is 3.01. The Hall–Kier alpha value is -0.120. The average Bonchev–Trinajstić information content (AvgIpc) is 2.38. The monoisotopic (exact) mass is 240 g/mol. The van der Waals surface area contributed by atoms with Crippen LogP contribution in [0.4, 0.5) is 0 Å². The van der Waals surface area contributed by atoms with Crippen molar-refractivity contribution in [1.82, 2.24) is 4.90 Å². The molecule has 1 saturated heterocycles. The molecule has 0 amide bonds. The average molecular weight is 240 g/mol. The third-order valence-electron chi connectivity index (χ3n) is 4.69. The summed E-state index contributed by atoms with van der Waals surface area (Å²) in [6, 6.07) is 1.32. The van der Waals surface area contributed by atoms with Gasteiger partial charge in [0.15, 0.2) is 0 Å². The van der Waals surface area contributed by atoms with Gasteiger partial charge in [0.05, 0.1) is 13.2 Å². The number of hydrogen-bond acceptors (Lipinski definition) is 3. The van der Waals surface area contributed by atoms with Gasteiger partial charge in [-0.25, -0.2) is 0 Å². The van der Waals surface area contributed by atoms with Crippen LogP contribution < -0.4 is 5.73 Å². The lowest BCUT2D eigenvalue weighted by Gasteiger charge is -2.47. The van der Waals surface area contributed by atoms with Crippen molar-refractivity contribution < 1.29 is 4.74 Å². The van der Waals surface area contributed by atoms with Gasteiger partial charge < -0.3 is 10.5 Å². The zero-order valence-electron chi connectivity index (χ0n) is 11.4. The van der Waals surface area contributed by atoms with Crippen LogP contribution in [-0.2, 0) is 4.74 Å². The fourth-order valence-corrected chi connectivity index (χ4v) is 3.55. The third-order valence-corrected chi connectivity index (χ3v) is 4.69. The maximum absolute atomic E-state index is 5.97. The van der Waals surface area contributed by atoms with Crippen molar-refractivity contribution in [2.75, 3.05) is 26.3 Å². The van der Waals surface area contributed by atoms with Crippen molar-refractivity contribution in [3.05, 3.63) is 0 Å². The van der Waals surface area contributed by atoms with Crippen LogP contribution in [0, 0.1) is 11.8 Å². The quantitative estimate of drug-likeness (QED) is 0.818. The molecular formula is C14H28N2O. The predicted molar refractivity (Wildman–Crippen MR) is 71.0 cm³/mol. The Balaban J connectivity index is 2.05. The van der Waals surface area contributed by atoms with Gasteiger partial charge in [-0.05, 0) is 37.6 Å². The lowest BCUT2D eigenvalue weighted by atomic mass is 9.77. The topological polar surface area (TPSA) is 38.5 Å². The van der Waals surface area contributed by atoms with Crippen LogP contribution in [0.5, 0.6) is 0 Å². The minimum atomic E-state index is 0.619. The van der Waals surface area contributed by atoms with Gasteiger partial charge in [-0.3, -0.25) is 4.90 Å². The summed E-state index contributed by atoms with van der Waals surface area (Å²) in [6.07, 6.45) is 5.20. The minimum Gasteiger partial charge on any atom is -0.378 e. The normalized spacial score (nSPS) is 40.4. The molecule has 0 bridgehead atoms. The van der Waals surface area contributed by atoms with E-state index in [9.17, 15) is 0 Å². The molecule has 2 N–H and O–H groups in total. The van der Waals surface area contributed by atoms with Crippen molar-refractivity contribution in [1.29, 1.82) is 0 Å². The molecule has 0 aromatic rings. The summed E-state index contributed by atoms with van der Waals surface area (Å²) >= 11 is 0. The van der Waals surface area contributed by atoms with Gasteiger partial charge in [-0.15, -0.1) is 0 Å². The predicted octanol–water partition coefficient (Wildman–Crippen LogP) is 1.86. The van der Waals surface area contributed by atoms with Crippen LogP contribution in [0.2, 0.25) is 0 Å². The highest BCUT2D eigenvalue weighted by atomic mass is 16.5. The molecule has 4 atom stereocenters. The molecule has 1 saturated carbocycles. The molecule has 17 heavy (non-hydrogen) atoms. The summed E-state index contributed by atoms with van der Waals surface area (Å²) in [4.78, 5) is 2.71. The van der Waals surface area contributed by atoms with Crippen LogP contribution in [0.3, 0.4) is 0 Å². The smallest absolute Gasteiger partial charge is 0.0622 e. The van der Waals surface area contributed by atoms with Crippen molar-refractivity contribution in [3.8, 4) is 0 Å². The minimum absolute atomic E-state index is 0.619. The summed E-state index contributed by atoms with van der Waals surface area (Å²) in [7, 11) is 0. The number of rotatable bonds is 3. The molecule has 2 rings (SSSR count). The van der Waals surface area contributed by atoms with Crippen molar-refractivity contribution in [2.45, 2.75) is 51.6 Å². The zero-order valence-corrected chi connectivity index (χ0v) is 11.4. The van der Waals surface area contributed by atoms with Crippen LogP contribution in [-0.4, -0.2) is 43.3 Å². The molecule has 1 heterocycles. The van der Waals surface area contributed by atoms with E-state index < -0.39 is 0 Å². The van der Waals surface area contributed by atoms with E-state index in [0.717, 1.165) is 32.2 Å². The Bertz CT molecular complexity index is 234. The SMILES string of the molecule is CCC1COCCN1C1CC(C)CCC1CN. The molecule has 1 aliphatic carbocycles. The van der Waals surface area contributed by atoms with Gasteiger partial charge >= 0.3 is 0 Å². The van der Waals surface area contributed by atoms with Gasteiger partial charge in [-0.1, -0.05) is 20.3 Å². The summed E-state index contributed by atoms with van der Waals surface area (Å²) in [5.41, 5.74) is 5.97. The summed E-state index contributed by atoms with van der Waals surface area (Å²) in [5.74, 6) is 1.57. The van der Waals surface area contributed by atoms with E-state index in [1.807, 2.05) is 0 Å². The fourth-order valence-electron chi connectivity index (χ4n) is 3.55. The van der Waals surface area contributed by atoms with Crippen LogP contribution in [0.1, 0.15) is 39.5 Å². The highest BCUT2D eigenvalue weighted by Crippen LogP contribution is 2.33. The zero-order chi connectivity index (χ0) is 12.3. The summed E-state index contributed by atoms with van der Waals surface area (Å²) in [6.45, 7) is 8.44. The largest absolute Gasteiger partial charge is 0.378 e. The molecule has 0 aromatic heterocycles. The van der Waals surface area contributed by atoms with Gasteiger partial charge in [-0.2, -0.15) is 0 Å². The highest BCUT2D eigenvalue weighted by molar-refractivity contribution is 4.90. The Morgan fingerprint density at radius 2 is 2.18 bits per heavy atom. The van der Waals surface area contributed by atoms with Gasteiger partial charge in [0.2, 0.25) is 0 Å². The van der Waals surface area contributed by atoms with E-state index in [4.69, 9.17) is 10.5 Å². The first-order valence-corrected chi connectivity index (χ1v) is 7.29. The second-order valence-electron chi connectivity index (χ2n) is 5.86. The highest BCUT2D eigenvalue weighted by Gasteiger charge is 2.36. The molecule has 4 unspecified atom stereocenters. The van der Waals surface area contributed by atoms with Crippen LogP contribution in [0.25, 0.3) is 0 Å². The Morgan fingerprint density at radius 1 is 1.35 bits per heavy atom. The van der Waals surface area contributed by atoms with Crippen molar-refractivity contribution in [2.24, 2.45) is 17.6 Å². The molecule has 100 valence electrons. The fraction of sp³-hybridized carbons (Fsp3) is 1.00. The molecule has 2 aliphatic rings. The molecule has 0 spiro atoms. The first kappa shape index (κ1) is 13.3. The number of hydrogen-bond donors (Lipinski definition) is 1. The maximum atomic E-state index is 5.97. The lowest BCUT2D eigenvalue weighted by molar-refractivity contribution is -0.0543. The Kier molecular flexibility index (Phi) is 4.83. The molecule has 2 fully saturated rings. The number of ether oxygens (including phenoxy) is 1. The van der Waals surface area contributed by atoms with Crippen LogP contribution >= 0.6 is 0 Å².